The summed E-state index contributed by atoms with van der Waals surface area (Å²) in [5, 5.41) is 4.57. The molecule has 0 aliphatic rings. The summed E-state index contributed by atoms with van der Waals surface area (Å²) in [6.45, 7) is 1.02. The Morgan fingerprint density at radius 2 is 1.92 bits per heavy atom. The number of benzene rings is 2. The van der Waals surface area contributed by atoms with E-state index in [9.17, 15) is 4.79 Å². The highest BCUT2D eigenvalue weighted by molar-refractivity contribution is 6.32. The molecule has 1 aromatic heterocycles. The predicted molar refractivity (Wildman–Crippen MR) is 99.1 cm³/mol. The van der Waals surface area contributed by atoms with Gasteiger partial charge in [-0.05, 0) is 30.7 Å². The van der Waals surface area contributed by atoms with Crippen LogP contribution in [0, 0.1) is 0 Å². The number of amides is 1. The fraction of sp³-hybridized carbons (Fsp3) is 0.250. The van der Waals surface area contributed by atoms with E-state index in [0.717, 1.165) is 16.7 Å². The van der Waals surface area contributed by atoms with Crippen molar-refractivity contribution in [2.24, 2.45) is 0 Å². The van der Waals surface area contributed by atoms with Crippen LogP contribution in [0.5, 0.6) is 5.75 Å². The first-order valence-corrected chi connectivity index (χ1v) is 8.71. The Labute approximate surface area is 151 Å². The van der Waals surface area contributed by atoms with Crippen LogP contribution in [0.25, 0.3) is 11.0 Å². The Kier molecular flexibility index (Phi) is 5.96. The van der Waals surface area contributed by atoms with Crippen molar-refractivity contribution < 1.29 is 13.9 Å². The fourth-order valence-electron chi connectivity index (χ4n) is 2.55. The van der Waals surface area contributed by atoms with Crippen LogP contribution in [0.2, 0.25) is 5.02 Å². The van der Waals surface area contributed by atoms with Crippen molar-refractivity contribution in [1.29, 1.82) is 0 Å². The van der Waals surface area contributed by atoms with Gasteiger partial charge in [0.2, 0.25) is 5.91 Å². The van der Waals surface area contributed by atoms with Crippen molar-refractivity contribution in [2.45, 2.75) is 19.3 Å². The molecule has 0 spiro atoms. The van der Waals surface area contributed by atoms with E-state index in [1.807, 2.05) is 48.5 Å². The van der Waals surface area contributed by atoms with Gasteiger partial charge in [-0.3, -0.25) is 4.79 Å². The number of hydrogen-bond donors (Lipinski definition) is 1. The third-order valence-corrected chi connectivity index (χ3v) is 4.12. The molecule has 0 aliphatic heterocycles. The summed E-state index contributed by atoms with van der Waals surface area (Å²) in [4.78, 5) is 11.9. The lowest BCUT2D eigenvalue weighted by atomic mass is 10.2. The van der Waals surface area contributed by atoms with E-state index < -0.39 is 0 Å². The van der Waals surface area contributed by atoms with Crippen molar-refractivity contribution in [3.05, 3.63) is 65.4 Å². The molecular weight excluding hydrogens is 338 g/mol. The van der Waals surface area contributed by atoms with E-state index in [-0.39, 0.29) is 5.91 Å². The van der Waals surface area contributed by atoms with Crippen LogP contribution in [0.4, 0.5) is 0 Å². The zero-order valence-electron chi connectivity index (χ0n) is 13.8. The van der Waals surface area contributed by atoms with Crippen molar-refractivity contribution in [3.63, 3.8) is 0 Å². The molecule has 130 valence electrons. The highest BCUT2D eigenvalue weighted by Gasteiger charge is 2.05. The molecule has 1 heterocycles. The second kappa shape index (κ2) is 8.58. The summed E-state index contributed by atoms with van der Waals surface area (Å²) < 4.78 is 11.3. The average molecular weight is 358 g/mol. The van der Waals surface area contributed by atoms with Gasteiger partial charge in [-0.2, -0.15) is 0 Å². The zero-order chi connectivity index (χ0) is 17.5. The van der Waals surface area contributed by atoms with Crippen LogP contribution >= 0.6 is 11.6 Å². The van der Waals surface area contributed by atoms with Crippen LogP contribution in [0.3, 0.4) is 0 Å². The summed E-state index contributed by atoms with van der Waals surface area (Å²) >= 11 is 6.01. The molecule has 3 aromatic rings. The zero-order valence-corrected chi connectivity index (χ0v) is 14.6. The van der Waals surface area contributed by atoms with Gasteiger partial charge in [0.15, 0.2) is 0 Å². The van der Waals surface area contributed by atoms with Gasteiger partial charge >= 0.3 is 0 Å². The second-order valence-electron chi connectivity index (χ2n) is 5.73. The molecule has 1 N–H and O–H groups in total. The lowest BCUT2D eigenvalue weighted by molar-refractivity contribution is -0.121. The predicted octanol–water partition coefficient (Wildman–Crippen LogP) is 4.60. The van der Waals surface area contributed by atoms with E-state index in [1.165, 1.54) is 0 Å². The van der Waals surface area contributed by atoms with Crippen molar-refractivity contribution in [2.75, 3.05) is 13.2 Å². The number of halogens is 1. The Morgan fingerprint density at radius 3 is 2.76 bits per heavy atom. The number of furan rings is 1. The minimum atomic E-state index is 0.0128. The highest BCUT2D eigenvalue weighted by Crippen LogP contribution is 2.23. The van der Waals surface area contributed by atoms with Gasteiger partial charge in [0.05, 0.1) is 11.6 Å². The Morgan fingerprint density at radius 1 is 1.12 bits per heavy atom. The molecule has 0 bridgehead atoms. The molecule has 0 aliphatic carbocycles. The molecule has 2 aromatic carbocycles. The summed E-state index contributed by atoms with van der Waals surface area (Å²) in [5.74, 6) is 1.54. The highest BCUT2D eigenvalue weighted by atomic mass is 35.5. The first-order valence-electron chi connectivity index (χ1n) is 8.34. The minimum absolute atomic E-state index is 0.0128. The number of rotatable bonds is 8. The van der Waals surface area contributed by atoms with Gasteiger partial charge in [-0.1, -0.05) is 41.9 Å². The Balaban J connectivity index is 1.33. The van der Waals surface area contributed by atoms with Gasteiger partial charge in [-0.25, -0.2) is 0 Å². The summed E-state index contributed by atoms with van der Waals surface area (Å²) in [5.41, 5.74) is 0.876. The van der Waals surface area contributed by atoms with Gasteiger partial charge < -0.3 is 14.5 Å². The molecular formula is C20H20ClNO3. The maximum atomic E-state index is 11.9. The van der Waals surface area contributed by atoms with E-state index in [2.05, 4.69) is 5.32 Å². The monoisotopic (exact) mass is 357 g/mol. The molecule has 0 unspecified atom stereocenters. The number of carbonyl (C=O) groups is 1. The topological polar surface area (TPSA) is 51.5 Å². The summed E-state index contributed by atoms with van der Waals surface area (Å²) in [6, 6.07) is 17.2. The van der Waals surface area contributed by atoms with Crippen LogP contribution in [-0.2, 0) is 11.2 Å². The number of hydrogen-bond acceptors (Lipinski definition) is 3. The largest absolute Gasteiger partial charge is 0.492 e. The number of carbonyl (C=O) groups excluding carboxylic acids is 1. The van der Waals surface area contributed by atoms with E-state index in [0.29, 0.717) is 43.2 Å². The molecule has 5 heteroatoms. The molecule has 3 rings (SSSR count). The van der Waals surface area contributed by atoms with Gasteiger partial charge in [-0.15, -0.1) is 0 Å². The van der Waals surface area contributed by atoms with Crippen molar-refractivity contribution in [1.82, 2.24) is 5.32 Å². The molecule has 0 saturated heterocycles. The Hall–Kier alpha value is -2.46. The van der Waals surface area contributed by atoms with Crippen LogP contribution in [0.1, 0.15) is 18.6 Å². The molecule has 0 fully saturated rings. The fourth-order valence-corrected chi connectivity index (χ4v) is 2.74. The van der Waals surface area contributed by atoms with Gasteiger partial charge in [0.1, 0.15) is 17.1 Å². The third-order valence-electron chi connectivity index (χ3n) is 3.81. The van der Waals surface area contributed by atoms with Crippen LogP contribution in [-0.4, -0.2) is 19.1 Å². The number of para-hydroxylation sites is 2. The molecule has 0 radical (unpaired) electrons. The maximum Gasteiger partial charge on any atom is 0.220 e. The van der Waals surface area contributed by atoms with Crippen molar-refractivity contribution >= 4 is 28.5 Å². The van der Waals surface area contributed by atoms with Gasteiger partial charge in [0.25, 0.3) is 0 Å². The molecule has 1 amide bonds. The number of ether oxygens (including phenoxy) is 1. The van der Waals surface area contributed by atoms with E-state index in [4.69, 9.17) is 20.8 Å². The first kappa shape index (κ1) is 17.4. The SMILES string of the molecule is O=C(CCCOc1ccccc1Cl)NCCc1cc2ccccc2o1. The van der Waals surface area contributed by atoms with E-state index >= 15 is 0 Å². The lowest BCUT2D eigenvalue weighted by Crippen LogP contribution is -2.25. The molecule has 0 saturated carbocycles. The normalized spacial score (nSPS) is 10.8. The van der Waals surface area contributed by atoms with E-state index in [1.54, 1.807) is 6.07 Å². The quantitative estimate of drug-likeness (QED) is 0.599. The van der Waals surface area contributed by atoms with Crippen molar-refractivity contribution in [3.8, 4) is 5.75 Å². The molecule has 0 atom stereocenters. The standard InChI is InChI=1S/C20H20ClNO3/c21-17-7-2-4-9-19(17)24-13-5-10-20(23)22-12-11-16-14-15-6-1-3-8-18(15)25-16/h1-4,6-9,14H,5,10-13H2,(H,22,23). The second-order valence-corrected chi connectivity index (χ2v) is 6.14. The third kappa shape index (κ3) is 5.00. The minimum Gasteiger partial charge on any atom is -0.492 e. The first-order chi connectivity index (χ1) is 12.2. The Bertz CT molecular complexity index is 811. The lowest BCUT2D eigenvalue weighted by Gasteiger charge is -2.08. The summed E-state index contributed by atoms with van der Waals surface area (Å²) in [6.07, 6.45) is 1.74. The summed E-state index contributed by atoms with van der Waals surface area (Å²) in [7, 11) is 0. The van der Waals surface area contributed by atoms with Crippen LogP contribution < -0.4 is 10.1 Å². The smallest absolute Gasteiger partial charge is 0.220 e. The molecule has 25 heavy (non-hydrogen) atoms. The number of fused-ring (bicyclic) bond motifs is 1. The number of nitrogens with one attached hydrogen (secondary N) is 1. The average Bonchev–Trinajstić information content (AvgIpc) is 3.03. The maximum absolute atomic E-state index is 11.9. The molecule has 4 nitrogen and oxygen atoms in total. The van der Waals surface area contributed by atoms with Gasteiger partial charge in [0, 0.05) is 24.8 Å². The van der Waals surface area contributed by atoms with Crippen LogP contribution in [0.15, 0.2) is 59.0 Å².